The lowest BCUT2D eigenvalue weighted by molar-refractivity contribution is -0.132. The summed E-state index contributed by atoms with van der Waals surface area (Å²) in [5.41, 5.74) is 2.17. The van der Waals surface area contributed by atoms with Gasteiger partial charge in [0.25, 0.3) is 5.24 Å². The first-order valence-corrected chi connectivity index (χ1v) is 12.6. The van der Waals surface area contributed by atoms with Gasteiger partial charge in [-0.15, -0.1) is 0 Å². The molecule has 2 atom stereocenters. The SMILES string of the molecule is CC(=O)Oc1cc2c(cc1C(C)(C)C)OC(C)(COc1ccc(CC3SC(=O)NC3=O)cc1)CC2. The molecule has 2 aromatic carbocycles. The molecule has 1 N–H and O–H groups in total. The third-order valence-electron chi connectivity index (χ3n) is 6.16. The monoisotopic (exact) mass is 497 g/mol. The van der Waals surface area contributed by atoms with Gasteiger partial charge >= 0.3 is 5.97 Å². The van der Waals surface area contributed by atoms with Crippen LogP contribution in [0, 0.1) is 0 Å². The Morgan fingerprint density at radius 1 is 1.20 bits per heavy atom. The molecule has 0 spiro atoms. The van der Waals surface area contributed by atoms with Gasteiger partial charge in [0.15, 0.2) is 0 Å². The van der Waals surface area contributed by atoms with Crippen molar-refractivity contribution >= 4 is 28.9 Å². The van der Waals surface area contributed by atoms with Gasteiger partial charge in [-0.1, -0.05) is 44.7 Å². The number of nitrogens with one attached hydrogen (secondary N) is 1. The molecule has 2 aliphatic heterocycles. The first-order chi connectivity index (χ1) is 16.4. The van der Waals surface area contributed by atoms with Crippen molar-refractivity contribution in [1.82, 2.24) is 5.32 Å². The molecule has 8 heteroatoms. The fourth-order valence-corrected chi connectivity index (χ4v) is 5.09. The van der Waals surface area contributed by atoms with E-state index < -0.39 is 5.60 Å². The average molecular weight is 498 g/mol. The molecule has 2 unspecified atom stereocenters. The predicted octanol–water partition coefficient (Wildman–Crippen LogP) is 4.97. The molecule has 2 aromatic rings. The van der Waals surface area contributed by atoms with E-state index in [1.54, 1.807) is 0 Å². The molecule has 0 bridgehead atoms. The quantitative estimate of drug-likeness (QED) is 0.445. The number of carbonyl (C=O) groups is 3. The molecular formula is C27H31NO6S. The zero-order valence-corrected chi connectivity index (χ0v) is 21.5. The lowest BCUT2D eigenvalue weighted by Gasteiger charge is -2.36. The standard InChI is InChI=1S/C27H31NO6S/c1-16(29)33-22-13-18-10-11-27(5,34-21(18)14-20(22)26(2,3)4)15-32-19-8-6-17(7-9-19)12-23-24(30)28-25(31)35-23/h6-9,13-14,23H,10-12,15H2,1-5H3,(H,28,30,31). The molecule has 2 aliphatic rings. The van der Waals surface area contributed by atoms with Crippen molar-refractivity contribution in [2.45, 2.75) is 70.1 Å². The summed E-state index contributed by atoms with van der Waals surface area (Å²) < 4.78 is 18.0. The summed E-state index contributed by atoms with van der Waals surface area (Å²) in [6.07, 6.45) is 2.03. The first-order valence-electron chi connectivity index (χ1n) is 11.7. The van der Waals surface area contributed by atoms with Gasteiger partial charge in [0.1, 0.15) is 29.5 Å². The number of benzene rings is 2. The second-order valence-corrected chi connectivity index (χ2v) is 11.5. The van der Waals surface area contributed by atoms with Gasteiger partial charge in [-0.05, 0) is 67.0 Å². The molecule has 0 aromatic heterocycles. The number of imide groups is 1. The number of amides is 2. The van der Waals surface area contributed by atoms with E-state index in [2.05, 4.69) is 26.1 Å². The second-order valence-electron chi connectivity index (χ2n) is 10.4. The zero-order chi connectivity index (χ0) is 25.4. The van der Waals surface area contributed by atoms with Crippen molar-refractivity contribution in [2.24, 2.45) is 0 Å². The molecule has 0 aliphatic carbocycles. The molecule has 0 saturated carbocycles. The van der Waals surface area contributed by atoms with E-state index in [1.807, 2.05) is 43.3 Å². The van der Waals surface area contributed by atoms with Crippen molar-refractivity contribution in [3.8, 4) is 17.2 Å². The largest absolute Gasteiger partial charge is 0.489 e. The van der Waals surface area contributed by atoms with E-state index in [0.29, 0.717) is 24.5 Å². The van der Waals surface area contributed by atoms with Gasteiger partial charge in [0.2, 0.25) is 5.91 Å². The van der Waals surface area contributed by atoms with Crippen LogP contribution in [-0.4, -0.2) is 34.6 Å². The number of hydrogen-bond donors (Lipinski definition) is 1. The Hall–Kier alpha value is -3.00. The van der Waals surface area contributed by atoms with E-state index >= 15 is 0 Å². The smallest absolute Gasteiger partial charge is 0.308 e. The van der Waals surface area contributed by atoms with Crippen LogP contribution in [0.2, 0.25) is 0 Å². The molecule has 0 radical (unpaired) electrons. The number of thioether (sulfide) groups is 1. The highest BCUT2D eigenvalue weighted by Gasteiger charge is 2.35. The molecule has 7 nitrogen and oxygen atoms in total. The highest BCUT2D eigenvalue weighted by Crippen LogP contribution is 2.42. The van der Waals surface area contributed by atoms with Crippen LogP contribution < -0.4 is 19.5 Å². The summed E-state index contributed by atoms with van der Waals surface area (Å²) in [5, 5.41) is 1.64. The molecule has 2 amide bonds. The summed E-state index contributed by atoms with van der Waals surface area (Å²) in [7, 11) is 0. The summed E-state index contributed by atoms with van der Waals surface area (Å²) in [4.78, 5) is 34.8. The maximum atomic E-state index is 11.8. The number of fused-ring (bicyclic) bond motifs is 1. The third-order valence-corrected chi connectivity index (χ3v) is 7.14. The summed E-state index contributed by atoms with van der Waals surface area (Å²) in [5.74, 6) is 1.52. The number of ether oxygens (including phenoxy) is 3. The number of hydrogen-bond acceptors (Lipinski definition) is 7. The number of esters is 1. The number of carbonyl (C=O) groups excluding carboxylic acids is 3. The maximum absolute atomic E-state index is 11.8. The maximum Gasteiger partial charge on any atom is 0.308 e. The van der Waals surface area contributed by atoms with Crippen LogP contribution in [0.1, 0.15) is 57.7 Å². The second kappa shape index (κ2) is 9.57. The highest BCUT2D eigenvalue weighted by atomic mass is 32.2. The third kappa shape index (κ3) is 5.99. The van der Waals surface area contributed by atoms with E-state index in [0.717, 1.165) is 47.0 Å². The summed E-state index contributed by atoms with van der Waals surface area (Å²) in [6, 6.07) is 11.5. The minimum absolute atomic E-state index is 0.222. The van der Waals surface area contributed by atoms with Crippen molar-refractivity contribution in [3.63, 3.8) is 0 Å². The first kappa shape index (κ1) is 25.1. The van der Waals surface area contributed by atoms with Crippen LogP contribution in [0.15, 0.2) is 36.4 Å². The van der Waals surface area contributed by atoms with Crippen molar-refractivity contribution in [2.75, 3.05) is 6.61 Å². The van der Waals surface area contributed by atoms with E-state index in [9.17, 15) is 14.4 Å². The minimum atomic E-state index is -0.511. The highest BCUT2D eigenvalue weighted by molar-refractivity contribution is 8.15. The van der Waals surface area contributed by atoms with Crippen LogP contribution in [0.4, 0.5) is 4.79 Å². The van der Waals surface area contributed by atoms with Crippen molar-refractivity contribution < 1.29 is 28.6 Å². The zero-order valence-electron chi connectivity index (χ0n) is 20.7. The molecular weight excluding hydrogens is 466 g/mol. The molecule has 186 valence electrons. The van der Waals surface area contributed by atoms with Crippen LogP contribution in [-0.2, 0) is 27.8 Å². The van der Waals surface area contributed by atoms with Crippen LogP contribution in [0.5, 0.6) is 17.2 Å². The molecule has 4 rings (SSSR count). The van der Waals surface area contributed by atoms with Gasteiger partial charge in [-0.3, -0.25) is 19.7 Å². The van der Waals surface area contributed by atoms with Crippen LogP contribution >= 0.6 is 11.8 Å². The van der Waals surface area contributed by atoms with E-state index in [4.69, 9.17) is 14.2 Å². The molecule has 35 heavy (non-hydrogen) atoms. The van der Waals surface area contributed by atoms with Crippen LogP contribution in [0.25, 0.3) is 0 Å². The van der Waals surface area contributed by atoms with Gasteiger partial charge < -0.3 is 14.2 Å². The van der Waals surface area contributed by atoms with E-state index in [1.165, 1.54) is 6.92 Å². The fourth-order valence-electron chi connectivity index (χ4n) is 4.23. The molecule has 1 saturated heterocycles. The normalized spacial score (nSPS) is 21.7. The fraction of sp³-hybridized carbons (Fsp3) is 0.444. The predicted molar refractivity (Wildman–Crippen MR) is 134 cm³/mol. The van der Waals surface area contributed by atoms with Gasteiger partial charge in [-0.25, -0.2) is 0 Å². The van der Waals surface area contributed by atoms with Gasteiger partial charge in [0.05, 0.1) is 5.25 Å². The Morgan fingerprint density at radius 3 is 2.51 bits per heavy atom. The average Bonchev–Trinajstić information content (AvgIpc) is 3.08. The van der Waals surface area contributed by atoms with Crippen LogP contribution in [0.3, 0.4) is 0 Å². The summed E-state index contributed by atoms with van der Waals surface area (Å²) >= 11 is 1.03. The molecule has 1 fully saturated rings. The van der Waals surface area contributed by atoms with Gasteiger partial charge in [0, 0.05) is 12.5 Å². The lowest BCUT2D eigenvalue weighted by Crippen LogP contribution is -2.42. The topological polar surface area (TPSA) is 90.9 Å². The number of rotatable bonds is 6. The number of aryl methyl sites for hydroxylation is 1. The summed E-state index contributed by atoms with van der Waals surface area (Å²) in [6.45, 7) is 10.0. The van der Waals surface area contributed by atoms with Crippen molar-refractivity contribution in [3.05, 3.63) is 53.1 Å². The lowest BCUT2D eigenvalue weighted by atomic mass is 9.83. The van der Waals surface area contributed by atoms with Crippen molar-refractivity contribution in [1.29, 1.82) is 0 Å². The Labute approximate surface area is 209 Å². The Balaban J connectivity index is 1.42. The molecule has 2 heterocycles. The Bertz CT molecular complexity index is 1150. The Morgan fingerprint density at radius 2 is 1.91 bits per heavy atom. The minimum Gasteiger partial charge on any atom is -0.489 e. The van der Waals surface area contributed by atoms with E-state index in [-0.39, 0.29) is 27.8 Å². The Kier molecular flexibility index (Phi) is 6.86. The van der Waals surface area contributed by atoms with Gasteiger partial charge in [-0.2, -0.15) is 0 Å².